The molecular formula is C27H24N6. The topological polar surface area (TPSA) is 60.5 Å². The Hall–Kier alpha value is -4.16. The van der Waals surface area contributed by atoms with Crippen molar-refractivity contribution < 1.29 is 0 Å². The fraction of sp³-hybridized carbons (Fsp3) is 0.259. The van der Waals surface area contributed by atoms with Crippen molar-refractivity contribution in [2.45, 2.75) is 24.2 Å². The van der Waals surface area contributed by atoms with Crippen LogP contribution in [-0.4, -0.2) is 36.2 Å². The molecule has 0 radical (unpaired) electrons. The molecule has 6 nitrogen and oxygen atoms in total. The minimum Gasteiger partial charge on any atom is -0.358 e. The summed E-state index contributed by atoms with van der Waals surface area (Å²) in [5, 5.41) is 19.3. The standard InChI is InChI=1S/C27H24N6/c1-4-19-24(20-13-17(15-28)5-7-22(20)32-11-9-30(2)26(19)32)25-21-14-18(16-29)6-8-23(21)33-12-10-31(3)27(25)33/h4-14,19,24-27H,1H2,2-3H3. The highest BCUT2D eigenvalue weighted by atomic mass is 15.4. The van der Waals surface area contributed by atoms with E-state index in [0.717, 1.165) is 16.9 Å². The predicted octanol–water partition coefficient (Wildman–Crippen LogP) is 4.22. The molecule has 2 aromatic rings. The number of rotatable bonds is 2. The first-order valence-corrected chi connectivity index (χ1v) is 11.1. The molecule has 0 saturated carbocycles. The molecule has 0 spiro atoms. The molecule has 162 valence electrons. The molecule has 0 aliphatic carbocycles. The molecule has 5 atom stereocenters. The third-order valence-corrected chi connectivity index (χ3v) is 7.66. The molecule has 0 fully saturated rings. The number of nitrogens with zero attached hydrogens (tertiary/aromatic N) is 6. The summed E-state index contributed by atoms with van der Waals surface area (Å²) in [5.41, 5.74) is 5.96. The fourth-order valence-electron chi connectivity index (χ4n) is 6.31. The van der Waals surface area contributed by atoms with Gasteiger partial charge < -0.3 is 19.6 Å². The molecule has 6 heteroatoms. The molecule has 5 unspecified atom stereocenters. The Labute approximate surface area is 194 Å². The van der Waals surface area contributed by atoms with E-state index < -0.39 is 0 Å². The van der Waals surface area contributed by atoms with Crippen LogP contribution in [0.4, 0.5) is 11.4 Å². The first-order chi connectivity index (χ1) is 16.1. The quantitative estimate of drug-likeness (QED) is 0.662. The second-order valence-corrected chi connectivity index (χ2v) is 9.20. The van der Waals surface area contributed by atoms with E-state index in [1.165, 1.54) is 5.56 Å². The van der Waals surface area contributed by atoms with Gasteiger partial charge in [0.05, 0.1) is 23.3 Å². The maximum Gasteiger partial charge on any atom is 0.113 e. The van der Waals surface area contributed by atoms with E-state index >= 15 is 0 Å². The zero-order valence-electron chi connectivity index (χ0n) is 18.6. The maximum atomic E-state index is 9.69. The molecule has 4 aliphatic rings. The molecule has 0 saturated heterocycles. The van der Waals surface area contributed by atoms with Crippen LogP contribution in [0.25, 0.3) is 0 Å². The summed E-state index contributed by atoms with van der Waals surface area (Å²) in [6.45, 7) is 4.27. The average Bonchev–Trinajstić information content (AvgIpc) is 3.51. The predicted molar refractivity (Wildman–Crippen MR) is 128 cm³/mol. The summed E-state index contributed by atoms with van der Waals surface area (Å²) < 4.78 is 0. The van der Waals surface area contributed by atoms with Gasteiger partial charge in [0.15, 0.2) is 0 Å². The third-order valence-electron chi connectivity index (χ3n) is 7.66. The maximum absolute atomic E-state index is 9.69. The highest BCUT2D eigenvalue weighted by Crippen LogP contribution is 2.58. The Kier molecular flexibility index (Phi) is 4.09. The number of hydrogen-bond acceptors (Lipinski definition) is 6. The lowest BCUT2D eigenvalue weighted by Gasteiger charge is -2.48. The second-order valence-electron chi connectivity index (χ2n) is 9.20. The van der Waals surface area contributed by atoms with Crippen molar-refractivity contribution in [1.29, 1.82) is 10.5 Å². The third kappa shape index (κ3) is 2.52. The first-order valence-electron chi connectivity index (χ1n) is 11.1. The number of fused-ring (bicyclic) bond motifs is 6. The van der Waals surface area contributed by atoms with Crippen LogP contribution in [0.1, 0.15) is 34.1 Å². The largest absolute Gasteiger partial charge is 0.358 e. The van der Waals surface area contributed by atoms with Crippen LogP contribution in [0.3, 0.4) is 0 Å². The number of nitriles is 2. The van der Waals surface area contributed by atoms with E-state index in [9.17, 15) is 10.5 Å². The summed E-state index contributed by atoms with van der Waals surface area (Å²) >= 11 is 0. The lowest BCUT2D eigenvalue weighted by atomic mass is 9.69. The van der Waals surface area contributed by atoms with Crippen molar-refractivity contribution in [3.05, 3.63) is 96.1 Å². The van der Waals surface area contributed by atoms with Crippen molar-refractivity contribution in [1.82, 2.24) is 9.80 Å². The van der Waals surface area contributed by atoms with Gasteiger partial charge in [0.25, 0.3) is 0 Å². The zero-order valence-corrected chi connectivity index (χ0v) is 18.6. The van der Waals surface area contributed by atoms with Crippen molar-refractivity contribution in [2.75, 3.05) is 23.9 Å². The van der Waals surface area contributed by atoms with Crippen molar-refractivity contribution in [2.24, 2.45) is 5.92 Å². The molecule has 33 heavy (non-hydrogen) atoms. The second kappa shape index (κ2) is 6.92. The Bertz CT molecular complexity index is 1310. The van der Waals surface area contributed by atoms with Crippen LogP contribution in [0.5, 0.6) is 0 Å². The Morgan fingerprint density at radius 2 is 1.27 bits per heavy atom. The van der Waals surface area contributed by atoms with Crippen molar-refractivity contribution in [3.8, 4) is 12.1 Å². The van der Waals surface area contributed by atoms with Crippen LogP contribution in [0.15, 0.2) is 73.9 Å². The van der Waals surface area contributed by atoms with Crippen LogP contribution in [-0.2, 0) is 0 Å². The first kappa shape index (κ1) is 19.5. The minimum atomic E-state index is 0.0828. The molecule has 6 rings (SSSR count). The normalized spacial score (nSPS) is 28.2. The Morgan fingerprint density at radius 1 is 0.758 bits per heavy atom. The van der Waals surface area contributed by atoms with E-state index in [0.29, 0.717) is 11.1 Å². The smallest absolute Gasteiger partial charge is 0.113 e. The lowest BCUT2D eigenvalue weighted by molar-refractivity contribution is 0.203. The lowest BCUT2D eigenvalue weighted by Crippen LogP contribution is -2.51. The summed E-state index contributed by atoms with van der Waals surface area (Å²) in [6, 6.07) is 16.7. The van der Waals surface area contributed by atoms with Crippen LogP contribution in [0.2, 0.25) is 0 Å². The molecule has 0 amide bonds. The Balaban J connectivity index is 1.61. The van der Waals surface area contributed by atoms with Gasteiger partial charge in [-0.1, -0.05) is 6.08 Å². The minimum absolute atomic E-state index is 0.0828. The Morgan fingerprint density at radius 3 is 1.82 bits per heavy atom. The molecule has 4 heterocycles. The monoisotopic (exact) mass is 432 g/mol. The molecular weight excluding hydrogens is 408 g/mol. The molecule has 0 aromatic heterocycles. The van der Waals surface area contributed by atoms with Gasteiger partial charge in [-0.3, -0.25) is 0 Å². The highest BCUT2D eigenvalue weighted by Gasteiger charge is 2.53. The molecule has 4 aliphatic heterocycles. The van der Waals surface area contributed by atoms with Gasteiger partial charge in [-0.05, 0) is 47.5 Å². The highest BCUT2D eigenvalue weighted by molar-refractivity contribution is 5.71. The van der Waals surface area contributed by atoms with Crippen molar-refractivity contribution in [3.63, 3.8) is 0 Å². The van der Waals surface area contributed by atoms with Gasteiger partial charge >= 0.3 is 0 Å². The van der Waals surface area contributed by atoms with E-state index in [1.807, 2.05) is 12.1 Å². The summed E-state index contributed by atoms with van der Waals surface area (Å²) in [4.78, 5) is 9.12. The fourth-order valence-corrected chi connectivity index (χ4v) is 6.31. The van der Waals surface area contributed by atoms with Crippen LogP contribution >= 0.6 is 0 Å². The zero-order chi connectivity index (χ0) is 22.9. The summed E-state index contributed by atoms with van der Waals surface area (Å²) in [5.74, 6) is 0.295. The van der Waals surface area contributed by atoms with Gasteiger partial charge in [-0.15, -0.1) is 6.58 Å². The average molecular weight is 433 g/mol. The van der Waals surface area contributed by atoms with E-state index in [1.54, 1.807) is 0 Å². The van der Waals surface area contributed by atoms with Crippen LogP contribution in [0, 0.1) is 28.6 Å². The number of anilines is 2. The van der Waals surface area contributed by atoms with E-state index in [2.05, 4.69) is 108 Å². The molecule has 0 N–H and O–H groups in total. The van der Waals surface area contributed by atoms with Gasteiger partial charge in [0.1, 0.15) is 12.3 Å². The van der Waals surface area contributed by atoms with E-state index in [-0.39, 0.29) is 30.1 Å². The van der Waals surface area contributed by atoms with Gasteiger partial charge in [0, 0.05) is 68.0 Å². The number of likely N-dealkylation sites (N-methyl/N-ethyl adjacent to an activating group) is 1. The SMILES string of the molecule is C=CC1C(C2c3cc(C#N)ccc3N3C=CN(C)C23)c2cc(C#N)ccc2N2C=CN(C)C12. The summed E-state index contributed by atoms with van der Waals surface area (Å²) in [6.07, 6.45) is 10.8. The van der Waals surface area contributed by atoms with E-state index in [4.69, 9.17) is 0 Å². The summed E-state index contributed by atoms with van der Waals surface area (Å²) in [7, 11) is 4.22. The number of hydrogen-bond donors (Lipinski definition) is 0. The van der Waals surface area contributed by atoms with Crippen molar-refractivity contribution >= 4 is 11.4 Å². The molecule has 0 bridgehead atoms. The van der Waals surface area contributed by atoms with Crippen LogP contribution < -0.4 is 9.80 Å². The molecule has 2 aromatic carbocycles. The van der Waals surface area contributed by atoms with Gasteiger partial charge in [0.2, 0.25) is 0 Å². The van der Waals surface area contributed by atoms with Gasteiger partial charge in [-0.2, -0.15) is 10.5 Å². The van der Waals surface area contributed by atoms with Gasteiger partial charge in [-0.25, -0.2) is 0 Å². The number of benzene rings is 2.